The fraction of sp³-hybridized carbons (Fsp3) is 0.368. The zero-order chi connectivity index (χ0) is 19.7. The third-order valence-electron chi connectivity index (χ3n) is 4.80. The number of rotatable bonds is 4. The minimum atomic E-state index is -0.287. The Morgan fingerprint density at radius 1 is 1.18 bits per heavy atom. The van der Waals surface area contributed by atoms with Gasteiger partial charge in [0.2, 0.25) is 5.91 Å². The number of amides is 1. The van der Waals surface area contributed by atoms with E-state index in [0.29, 0.717) is 36.9 Å². The molecule has 0 N–H and O–H groups in total. The van der Waals surface area contributed by atoms with Gasteiger partial charge in [-0.25, -0.2) is 14.4 Å². The first-order valence-corrected chi connectivity index (χ1v) is 10.1. The van der Waals surface area contributed by atoms with Crippen LogP contribution >= 0.6 is 11.8 Å². The van der Waals surface area contributed by atoms with Crippen molar-refractivity contribution in [1.82, 2.24) is 24.6 Å². The van der Waals surface area contributed by atoms with Gasteiger partial charge in [0.15, 0.2) is 5.65 Å². The molecule has 1 fully saturated rings. The van der Waals surface area contributed by atoms with Crippen molar-refractivity contribution in [2.75, 3.05) is 36.8 Å². The molecule has 1 aliphatic heterocycles. The highest BCUT2D eigenvalue weighted by Crippen LogP contribution is 2.25. The lowest BCUT2D eigenvalue weighted by Crippen LogP contribution is -2.49. The Labute approximate surface area is 166 Å². The molecule has 9 heteroatoms. The van der Waals surface area contributed by atoms with Crippen LogP contribution in [-0.2, 0) is 11.8 Å². The fourth-order valence-electron chi connectivity index (χ4n) is 3.31. The first-order valence-electron chi connectivity index (χ1n) is 9.09. The Bertz CT molecular complexity index is 1010. The zero-order valence-corrected chi connectivity index (χ0v) is 16.6. The van der Waals surface area contributed by atoms with E-state index in [2.05, 4.69) is 20.0 Å². The molecule has 0 radical (unpaired) electrons. The molecule has 0 bridgehead atoms. The number of hydrogen-bond donors (Lipinski definition) is 0. The first-order chi connectivity index (χ1) is 13.5. The SMILES string of the molecule is Cc1nc(N2CCN(C(=O)CSc3ccccc3F)CC2)c2cnn(C)c2n1. The lowest BCUT2D eigenvalue weighted by Gasteiger charge is -2.35. The highest BCUT2D eigenvalue weighted by molar-refractivity contribution is 8.00. The fourth-order valence-corrected chi connectivity index (χ4v) is 4.16. The van der Waals surface area contributed by atoms with Gasteiger partial charge < -0.3 is 9.80 Å². The number of carbonyl (C=O) groups is 1. The molecule has 0 unspecified atom stereocenters. The van der Waals surface area contributed by atoms with Gasteiger partial charge in [-0.1, -0.05) is 12.1 Å². The van der Waals surface area contributed by atoms with Crippen molar-refractivity contribution in [1.29, 1.82) is 0 Å². The van der Waals surface area contributed by atoms with Crippen LogP contribution in [0.15, 0.2) is 35.4 Å². The van der Waals surface area contributed by atoms with Crippen molar-refractivity contribution in [2.24, 2.45) is 7.05 Å². The molecule has 7 nitrogen and oxygen atoms in total. The van der Waals surface area contributed by atoms with E-state index < -0.39 is 0 Å². The van der Waals surface area contributed by atoms with Crippen LogP contribution < -0.4 is 4.90 Å². The summed E-state index contributed by atoms with van der Waals surface area (Å²) in [7, 11) is 1.86. The van der Waals surface area contributed by atoms with Crippen LogP contribution in [0, 0.1) is 12.7 Å². The van der Waals surface area contributed by atoms with Gasteiger partial charge in [-0.3, -0.25) is 9.48 Å². The van der Waals surface area contributed by atoms with E-state index in [4.69, 9.17) is 0 Å². The summed E-state index contributed by atoms with van der Waals surface area (Å²) >= 11 is 1.24. The average Bonchev–Trinajstić information content (AvgIpc) is 3.07. The quantitative estimate of drug-likeness (QED) is 0.626. The predicted octanol–water partition coefficient (Wildman–Crippen LogP) is 2.25. The minimum Gasteiger partial charge on any atom is -0.352 e. The average molecular weight is 400 g/mol. The maximum atomic E-state index is 13.7. The zero-order valence-electron chi connectivity index (χ0n) is 15.8. The molecule has 0 spiro atoms. The molecular weight excluding hydrogens is 379 g/mol. The maximum absolute atomic E-state index is 13.7. The number of nitrogens with zero attached hydrogens (tertiary/aromatic N) is 6. The second kappa shape index (κ2) is 7.75. The van der Waals surface area contributed by atoms with Crippen molar-refractivity contribution < 1.29 is 9.18 Å². The second-order valence-corrected chi connectivity index (χ2v) is 7.70. The Balaban J connectivity index is 1.40. The highest BCUT2D eigenvalue weighted by Gasteiger charge is 2.24. The molecule has 3 aromatic rings. The van der Waals surface area contributed by atoms with E-state index >= 15 is 0 Å². The first kappa shape index (κ1) is 18.7. The van der Waals surface area contributed by atoms with E-state index in [0.717, 1.165) is 16.9 Å². The molecule has 1 aromatic carbocycles. The van der Waals surface area contributed by atoms with E-state index in [-0.39, 0.29) is 17.5 Å². The standard InChI is InChI=1S/C19H21FN6OS/c1-13-22-18-14(11-21-24(18)2)19(23-13)26-9-7-25(8-10-26)17(27)12-28-16-6-4-3-5-15(16)20/h3-6,11H,7-10,12H2,1-2H3. The number of piperazine rings is 1. The second-order valence-electron chi connectivity index (χ2n) is 6.69. The summed E-state index contributed by atoms with van der Waals surface area (Å²) in [4.78, 5) is 26.1. The van der Waals surface area contributed by atoms with Crippen LogP contribution in [0.3, 0.4) is 0 Å². The number of benzene rings is 1. The molecule has 4 rings (SSSR count). The molecule has 1 saturated heterocycles. The summed E-state index contributed by atoms with van der Waals surface area (Å²) in [5.74, 6) is 1.54. The van der Waals surface area contributed by atoms with Crippen molar-refractivity contribution in [3.05, 3.63) is 42.1 Å². The van der Waals surface area contributed by atoms with Gasteiger partial charge in [-0.15, -0.1) is 11.8 Å². The lowest BCUT2D eigenvalue weighted by molar-refractivity contribution is -0.128. The molecule has 3 heterocycles. The third kappa shape index (κ3) is 3.66. The summed E-state index contributed by atoms with van der Waals surface area (Å²) in [6.45, 7) is 4.48. The Hall–Kier alpha value is -2.68. The number of aryl methyl sites for hydroxylation is 2. The number of fused-ring (bicyclic) bond motifs is 1. The topological polar surface area (TPSA) is 67.2 Å². The Morgan fingerprint density at radius 2 is 1.93 bits per heavy atom. The number of thioether (sulfide) groups is 1. The van der Waals surface area contributed by atoms with Crippen molar-refractivity contribution in [3.8, 4) is 0 Å². The maximum Gasteiger partial charge on any atom is 0.233 e. The van der Waals surface area contributed by atoms with Gasteiger partial charge in [0.25, 0.3) is 0 Å². The van der Waals surface area contributed by atoms with Crippen molar-refractivity contribution >= 4 is 34.5 Å². The van der Waals surface area contributed by atoms with Gasteiger partial charge in [0, 0.05) is 38.1 Å². The third-order valence-corrected chi connectivity index (χ3v) is 5.84. The number of carbonyl (C=O) groups excluding carboxylic acids is 1. The molecule has 1 amide bonds. The number of hydrogen-bond acceptors (Lipinski definition) is 6. The van der Waals surface area contributed by atoms with E-state index in [1.54, 1.807) is 29.1 Å². The largest absolute Gasteiger partial charge is 0.352 e. The molecule has 0 aliphatic carbocycles. The Morgan fingerprint density at radius 3 is 2.68 bits per heavy atom. The van der Waals surface area contributed by atoms with Crippen LogP contribution in [0.5, 0.6) is 0 Å². The molecule has 1 aliphatic rings. The molecule has 0 saturated carbocycles. The van der Waals surface area contributed by atoms with Gasteiger partial charge in [-0.2, -0.15) is 5.10 Å². The molecule has 2 aromatic heterocycles. The molecule has 28 heavy (non-hydrogen) atoms. The van der Waals surface area contributed by atoms with Crippen molar-refractivity contribution in [3.63, 3.8) is 0 Å². The molecule has 146 valence electrons. The van der Waals surface area contributed by atoms with Crippen LogP contribution in [0.1, 0.15) is 5.82 Å². The molecule has 0 atom stereocenters. The summed E-state index contributed by atoms with van der Waals surface area (Å²) in [6.07, 6.45) is 1.78. The molecular formula is C19H21FN6OS. The number of anilines is 1. The van der Waals surface area contributed by atoms with Gasteiger partial charge in [-0.05, 0) is 19.1 Å². The predicted molar refractivity (Wildman–Crippen MR) is 107 cm³/mol. The summed E-state index contributed by atoms with van der Waals surface area (Å²) in [6, 6.07) is 6.53. The van der Waals surface area contributed by atoms with Crippen LogP contribution in [-0.4, -0.2) is 62.5 Å². The smallest absolute Gasteiger partial charge is 0.233 e. The van der Waals surface area contributed by atoms with Gasteiger partial charge in [0.1, 0.15) is 17.5 Å². The summed E-state index contributed by atoms with van der Waals surface area (Å²) in [5.41, 5.74) is 0.808. The van der Waals surface area contributed by atoms with E-state index in [1.807, 2.05) is 18.9 Å². The normalized spacial score (nSPS) is 14.7. The van der Waals surface area contributed by atoms with Crippen LogP contribution in [0.2, 0.25) is 0 Å². The summed E-state index contributed by atoms with van der Waals surface area (Å²) in [5, 5.41) is 5.20. The van der Waals surface area contributed by atoms with Crippen molar-refractivity contribution in [2.45, 2.75) is 11.8 Å². The summed E-state index contributed by atoms with van der Waals surface area (Å²) < 4.78 is 15.5. The minimum absolute atomic E-state index is 0.0262. The van der Waals surface area contributed by atoms with Crippen LogP contribution in [0.25, 0.3) is 11.0 Å². The Kier molecular flexibility index (Phi) is 5.17. The monoisotopic (exact) mass is 400 g/mol. The van der Waals surface area contributed by atoms with Gasteiger partial charge in [0.05, 0.1) is 17.3 Å². The van der Waals surface area contributed by atoms with E-state index in [1.165, 1.54) is 17.8 Å². The van der Waals surface area contributed by atoms with E-state index in [9.17, 15) is 9.18 Å². The van der Waals surface area contributed by atoms with Crippen LogP contribution in [0.4, 0.5) is 10.2 Å². The number of aromatic nitrogens is 4. The lowest BCUT2D eigenvalue weighted by atomic mass is 10.2. The van der Waals surface area contributed by atoms with Gasteiger partial charge >= 0.3 is 0 Å². The highest BCUT2D eigenvalue weighted by atomic mass is 32.2. The number of halogens is 1.